The van der Waals surface area contributed by atoms with Crippen LogP contribution in [0, 0.1) is 11.3 Å². The van der Waals surface area contributed by atoms with E-state index in [4.69, 9.17) is 14.4 Å². The van der Waals surface area contributed by atoms with E-state index < -0.39 is 0 Å². The largest absolute Gasteiger partial charge is 0.464 e. The summed E-state index contributed by atoms with van der Waals surface area (Å²) in [5.74, 6) is 2.16. The molecular formula is C17H11NO2. The molecule has 0 aliphatic rings. The number of nitriles is 1. The van der Waals surface area contributed by atoms with Gasteiger partial charge in [0, 0.05) is 0 Å². The second-order valence-electron chi connectivity index (χ2n) is 4.21. The lowest BCUT2D eigenvalue weighted by molar-refractivity contribution is 0.481. The lowest BCUT2D eigenvalue weighted by atomic mass is 10.1. The van der Waals surface area contributed by atoms with E-state index in [1.165, 1.54) is 0 Å². The van der Waals surface area contributed by atoms with Crippen LogP contribution < -0.4 is 4.74 Å². The van der Waals surface area contributed by atoms with Crippen LogP contribution in [0.5, 0.6) is 11.5 Å². The molecule has 20 heavy (non-hydrogen) atoms. The summed E-state index contributed by atoms with van der Waals surface area (Å²) in [6.07, 6.45) is 1.63. The van der Waals surface area contributed by atoms with Gasteiger partial charge in [0.1, 0.15) is 17.3 Å². The molecule has 0 spiro atoms. The molecule has 3 aromatic rings. The number of hydrogen-bond donors (Lipinski definition) is 0. The number of furan rings is 1. The Kier molecular flexibility index (Phi) is 3.22. The minimum absolute atomic E-state index is 0.608. The van der Waals surface area contributed by atoms with Crippen molar-refractivity contribution in [1.29, 1.82) is 5.26 Å². The highest BCUT2D eigenvalue weighted by Crippen LogP contribution is 2.33. The second kappa shape index (κ2) is 5.33. The molecule has 0 unspecified atom stereocenters. The Morgan fingerprint density at radius 2 is 1.70 bits per heavy atom. The van der Waals surface area contributed by atoms with E-state index in [0.29, 0.717) is 17.1 Å². The van der Waals surface area contributed by atoms with Crippen molar-refractivity contribution in [3.63, 3.8) is 0 Å². The third-order valence-corrected chi connectivity index (χ3v) is 2.88. The van der Waals surface area contributed by atoms with Gasteiger partial charge in [-0.3, -0.25) is 0 Å². The predicted octanol–water partition coefficient (Wildman–Crippen LogP) is 4.61. The second-order valence-corrected chi connectivity index (χ2v) is 4.21. The molecule has 2 aromatic carbocycles. The van der Waals surface area contributed by atoms with Crippen molar-refractivity contribution < 1.29 is 9.15 Å². The fraction of sp³-hybridized carbons (Fsp3) is 0. The molecule has 0 amide bonds. The average Bonchev–Trinajstić information content (AvgIpc) is 3.03. The van der Waals surface area contributed by atoms with Crippen LogP contribution in [0.1, 0.15) is 5.56 Å². The summed E-state index contributed by atoms with van der Waals surface area (Å²) in [7, 11) is 0. The molecule has 96 valence electrons. The van der Waals surface area contributed by atoms with Crippen LogP contribution in [0.25, 0.3) is 11.3 Å². The van der Waals surface area contributed by atoms with Crippen LogP contribution in [0.3, 0.4) is 0 Å². The van der Waals surface area contributed by atoms with Crippen molar-refractivity contribution in [2.75, 3.05) is 0 Å². The van der Waals surface area contributed by atoms with Gasteiger partial charge in [-0.25, -0.2) is 0 Å². The highest BCUT2D eigenvalue weighted by atomic mass is 16.5. The zero-order chi connectivity index (χ0) is 13.8. The van der Waals surface area contributed by atoms with Crippen LogP contribution in [0.4, 0.5) is 0 Å². The molecule has 0 aliphatic heterocycles. The molecule has 0 atom stereocenters. The van der Waals surface area contributed by atoms with Crippen LogP contribution in [-0.4, -0.2) is 0 Å². The Hall–Kier alpha value is -2.99. The number of ether oxygens (including phenoxy) is 1. The zero-order valence-electron chi connectivity index (χ0n) is 10.6. The highest BCUT2D eigenvalue weighted by molar-refractivity contribution is 5.66. The van der Waals surface area contributed by atoms with E-state index >= 15 is 0 Å². The van der Waals surface area contributed by atoms with Gasteiger partial charge in [0.2, 0.25) is 0 Å². The van der Waals surface area contributed by atoms with Crippen molar-refractivity contribution in [3.05, 3.63) is 72.5 Å². The molecule has 3 rings (SSSR count). The van der Waals surface area contributed by atoms with E-state index in [-0.39, 0.29) is 0 Å². The number of rotatable bonds is 3. The first-order valence-corrected chi connectivity index (χ1v) is 6.18. The molecule has 1 aromatic heterocycles. The number of nitrogens with zero attached hydrogens (tertiary/aromatic N) is 1. The van der Waals surface area contributed by atoms with E-state index in [2.05, 4.69) is 6.07 Å². The predicted molar refractivity (Wildman–Crippen MR) is 75.4 cm³/mol. The third-order valence-electron chi connectivity index (χ3n) is 2.88. The Morgan fingerprint density at radius 3 is 2.40 bits per heavy atom. The summed E-state index contributed by atoms with van der Waals surface area (Å²) in [5, 5.41) is 8.78. The minimum atomic E-state index is 0.608. The molecule has 0 bridgehead atoms. The van der Waals surface area contributed by atoms with Gasteiger partial charge in [-0.15, -0.1) is 0 Å². The maximum atomic E-state index is 8.78. The molecular weight excluding hydrogens is 250 g/mol. The first-order valence-electron chi connectivity index (χ1n) is 6.18. The molecule has 3 nitrogen and oxygen atoms in total. The van der Waals surface area contributed by atoms with E-state index in [1.54, 1.807) is 30.5 Å². The topological polar surface area (TPSA) is 46.2 Å². The molecule has 0 N–H and O–H groups in total. The van der Waals surface area contributed by atoms with E-state index in [1.807, 2.05) is 36.4 Å². The molecule has 0 aliphatic carbocycles. The maximum Gasteiger partial charge on any atom is 0.138 e. The molecule has 1 heterocycles. The van der Waals surface area contributed by atoms with Gasteiger partial charge in [0.25, 0.3) is 0 Å². The van der Waals surface area contributed by atoms with Crippen molar-refractivity contribution in [3.8, 4) is 28.9 Å². The van der Waals surface area contributed by atoms with Crippen molar-refractivity contribution in [2.24, 2.45) is 0 Å². The van der Waals surface area contributed by atoms with Gasteiger partial charge < -0.3 is 9.15 Å². The molecule has 0 saturated heterocycles. The fourth-order valence-corrected chi connectivity index (χ4v) is 1.92. The lowest BCUT2D eigenvalue weighted by Crippen LogP contribution is -1.87. The number of benzene rings is 2. The van der Waals surface area contributed by atoms with Crippen LogP contribution in [0.2, 0.25) is 0 Å². The lowest BCUT2D eigenvalue weighted by Gasteiger charge is -2.09. The van der Waals surface area contributed by atoms with Crippen LogP contribution in [-0.2, 0) is 0 Å². The van der Waals surface area contributed by atoms with Crippen molar-refractivity contribution in [2.45, 2.75) is 0 Å². The Labute approximate surface area is 116 Å². The quantitative estimate of drug-likeness (QED) is 0.691. The van der Waals surface area contributed by atoms with Crippen LogP contribution in [0.15, 0.2) is 71.3 Å². The van der Waals surface area contributed by atoms with Gasteiger partial charge in [-0.1, -0.05) is 12.1 Å². The van der Waals surface area contributed by atoms with Gasteiger partial charge in [0.15, 0.2) is 0 Å². The third kappa shape index (κ3) is 2.40. The summed E-state index contributed by atoms with van der Waals surface area (Å²) < 4.78 is 11.3. The first kappa shape index (κ1) is 12.1. The molecule has 0 fully saturated rings. The summed E-state index contributed by atoms with van der Waals surface area (Å²) in [6.45, 7) is 0. The van der Waals surface area contributed by atoms with Gasteiger partial charge in [-0.2, -0.15) is 5.26 Å². The van der Waals surface area contributed by atoms with Gasteiger partial charge >= 0.3 is 0 Å². The maximum absolute atomic E-state index is 8.78. The van der Waals surface area contributed by atoms with Gasteiger partial charge in [0.05, 0.1) is 23.5 Å². The summed E-state index contributed by atoms with van der Waals surface area (Å²) in [5.41, 5.74) is 1.50. The fourth-order valence-electron chi connectivity index (χ4n) is 1.92. The minimum Gasteiger partial charge on any atom is -0.464 e. The molecule has 0 saturated carbocycles. The summed E-state index contributed by atoms with van der Waals surface area (Å²) in [6, 6.07) is 20.5. The SMILES string of the molecule is N#Cc1ccc(Oc2ccccc2-c2ccco2)cc1. The van der Waals surface area contributed by atoms with Crippen molar-refractivity contribution >= 4 is 0 Å². The Morgan fingerprint density at radius 1 is 0.900 bits per heavy atom. The first-order chi connectivity index (χ1) is 9.86. The smallest absolute Gasteiger partial charge is 0.138 e. The number of hydrogen-bond acceptors (Lipinski definition) is 3. The molecule has 0 radical (unpaired) electrons. The normalized spacial score (nSPS) is 9.95. The summed E-state index contributed by atoms with van der Waals surface area (Å²) in [4.78, 5) is 0. The van der Waals surface area contributed by atoms with Crippen molar-refractivity contribution in [1.82, 2.24) is 0 Å². The highest BCUT2D eigenvalue weighted by Gasteiger charge is 2.08. The van der Waals surface area contributed by atoms with Gasteiger partial charge in [-0.05, 0) is 48.5 Å². The van der Waals surface area contributed by atoms with E-state index in [0.717, 1.165) is 11.3 Å². The van der Waals surface area contributed by atoms with E-state index in [9.17, 15) is 0 Å². The monoisotopic (exact) mass is 261 g/mol. The van der Waals surface area contributed by atoms with Crippen LogP contribution >= 0.6 is 0 Å². The molecule has 3 heteroatoms. The zero-order valence-corrected chi connectivity index (χ0v) is 10.6. The number of para-hydroxylation sites is 1. The standard InChI is InChI=1S/C17H11NO2/c18-12-13-7-9-14(10-8-13)20-17-5-2-1-4-15(17)16-6-3-11-19-16/h1-11H. The average molecular weight is 261 g/mol. The Balaban J connectivity index is 1.93. The Bertz CT molecular complexity index is 737. The summed E-state index contributed by atoms with van der Waals surface area (Å²) >= 11 is 0.